The maximum atomic E-state index is 14.0. The van der Waals surface area contributed by atoms with Gasteiger partial charge in [0, 0.05) is 17.2 Å². The third kappa shape index (κ3) is 3.22. The van der Waals surface area contributed by atoms with Crippen molar-refractivity contribution in [3.8, 4) is 5.75 Å². The number of benzene rings is 2. The molecule has 0 aliphatic carbocycles. The lowest BCUT2D eigenvalue weighted by molar-refractivity contribution is 0.397. The van der Waals surface area contributed by atoms with Crippen molar-refractivity contribution < 1.29 is 17.9 Å². The summed E-state index contributed by atoms with van der Waals surface area (Å²) in [5, 5.41) is 0. The first-order valence-electron chi connectivity index (χ1n) is 6.16. The number of nitrogens with two attached hydrogens (primary N) is 1. The largest absolute Gasteiger partial charge is 0.496 e. The van der Waals surface area contributed by atoms with Crippen LogP contribution in [0.5, 0.6) is 5.75 Å². The molecule has 0 fully saturated rings. The Bertz CT molecular complexity index is 664. The maximum absolute atomic E-state index is 14.0. The Morgan fingerprint density at radius 1 is 1.14 bits per heavy atom. The van der Waals surface area contributed by atoms with E-state index in [0.29, 0.717) is 0 Å². The van der Waals surface area contributed by atoms with E-state index in [1.807, 2.05) is 0 Å². The predicted molar refractivity (Wildman–Crippen MR) is 77.6 cm³/mol. The van der Waals surface area contributed by atoms with Crippen molar-refractivity contribution in [3.63, 3.8) is 0 Å². The minimum atomic E-state index is -0.931. The molecular weight excluding hydrogens is 347 g/mol. The molecule has 2 nitrogen and oxygen atoms in total. The lowest BCUT2D eigenvalue weighted by atomic mass is 9.97. The van der Waals surface area contributed by atoms with Crippen molar-refractivity contribution in [1.82, 2.24) is 0 Å². The van der Waals surface area contributed by atoms with Crippen LogP contribution in [0.25, 0.3) is 0 Å². The number of methoxy groups -OCH3 is 1. The van der Waals surface area contributed by atoms with Gasteiger partial charge in [0.05, 0.1) is 11.6 Å². The molecule has 1 atom stereocenters. The highest BCUT2D eigenvalue weighted by Crippen LogP contribution is 2.31. The number of halogens is 4. The number of hydrogen-bond donors (Lipinski definition) is 1. The summed E-state index contributed by atoms with van der Waals surface area (Å²) in [6, 6.07) is 5.72. The van der Waals surface area contributed by atoms with Gasteiger partial charge < -0.3 is 10.5 Å². The molecule has 0 spiro atoms. The Balaban J connectivity index is 2.40. The minimum Gasteiger partial charge on any atom is -0.496 e. The van der Waals surface area contributed by atoms with Crippen LogP contribution in [0.2, 0.25) is 0 Å². The normalized spacial score (nSPS) is 12.3. The molecule has 0 bridgehead atoms. The number of rotatable bonds is 4. The molecule has 0 radical (unpaired) electrons. The van der Waals surface area contributed by atoms with E-state index in [4.69, 9.17) is 10.5 Å². The van der Waals surface area contributed by atoms with E-state index in [-0.39, 0.29) is 27.8 Å². The zero-order chi connectivity index (χ0) is 15.6. The third-order valence-electron chi connectivity index (χ3n) is 3.17. The van der Waals surface area contributed by atoms with Crippen LogP contribution in [0.1, 0.15) is 17.2 Å². The standard InChI is InChI=1S/C15H13BrF3NO/c1-21-13-4-2-3-11(18)14(13)12(20)7-8-10(17)6-5-9(16)15(8)19/h2-6,12H,7,20H2,1H3. The second kappa shape index (κ2) is 6.49. The van der Waals surface area contributed by atoms with Gasteiger partial charge in [-0.2, -0.15) is 0 Å². The molecule has 2 aromatic rings. The summed E-state index contributed by atoms with van der Waals surface area (Å²) in [6.45, 7) is 0. The molecule has 2 N–H and O–H groups in total. The highest BCUT2D eigenvalue weighted by molar-refractivity contribution is 9.10. The molecule has 21 heavy (non-hydrogen) atoms. The van der Waals surface area contributed by atoms with Crippen molar-refractivity contribution in [2.75, 3.05) is 7.11 Å². The summed E-state index contributed by atoms with van der Waals surface area (Å²) in [4.78, 5) is 0. The van der Waals surface area contributed by atoms with Crippen LogP contribution in [0, 0.1) is 17.5 Å². The third-order valence-corrected chi connectivity index (χ3v) is 3.78. The van der Waals surface area contributed by atoms with E-state index in [0.717, 1.165) is 6.07 Å². The second-order valence-electron chi connectivity index (χ2n) is 4.49. The molecule has 112 valence electrons. The second-order valence-corrected chi connectivity index (χ2v) is 5.34. The first-order chi connectivity index (χ1) is 9.95. The first kappa shape index (κ1) is 15.9. The monoisotopic (exact) mass is 359 g/mol. The zero-order valence-corrected chi connectivity index (χ0v) is 12.8. The van der Waals surface area contributed by atoms with Crippen molar-refractivity contribution in [2.45, 2.75) is 12.5 Å². The van der Waals surface area contributed by atoms with Gasteiger partial charge >= 0.3 is 0 Å². The number of ether oxygens (including phenoxy) is 1. The molecule has 1 unspecified atom stereocenters. The van der Waals surface area contributed by atoms with E-state index in [1.54, 1.807) is 6.07 Å². The van der Waals surface area contributed by atoms with E-state index >= 15 is 0 Å². The van der Waals surface area contributed by atoms with Gasteiger partial charge in [0.15, 0.2) is 0 Å². The summed E-state index contributed by atoms with van der Waals surface area (Å²) >= 11 is 2.99. The highest BCUT2D eigenvalue weighted by atomic mass is 79.9. The predicted octanol–water partition coefficient (Wildman–Crippen LogP) is 4.12. The quantitative estimate of drug-likeness (QED) is 0.833. The molecule has 0 aromatic heterocycles. The van der Waals surface area contributed by atoms with Crippen molar-refractivity contribution >= 4 is 15.9 Å². The van der Waals surface area contributed by atoms with Crippen LogP contribution in [-0.4, -0.2) is 7.11 Å². The molecule has 0 saturated carbocycles. The SMILES string of the molecule is COc1cccc(F)c1C(N)Cc1c(F)ccc(Br)c1F. The Labute approximate surface area is 128 Å². The summed E-state index contributed by atoms with van der Waals surface area (Å²) in [5.74, 6) is -1.78. The van der Waals surface area contributed by atoms with Crippen molar-refractivity contribution in [2.24, 2.45) is 5.73 Å². The molecule has 2 aromatic carbocycles. The van der Waals surface area contributed by atoms with Crippen LogP contribution < -0.4 is 10.5 Å². The molecule has 0 aliphatic rings. The van der Waals surface area contributed by atoms with Crippen LogP contribution in [0.3, 0.4) is 0 Å². The van der Waals surface area contributed by atoms with Gasteiger partial charge in [-0.1, -0.05) is 6.07 Å². The molecule has 0 heterocycles. The first-order valence-corrected chi connectivity index (χ1v) is 6.95. The van der Waals surface area contributed by atoms with Crippen LogP contribution in [-0.2, 0) is 6.42 Å². The van der Waals surface area contributed by atoms with E-state index < -0.39 is 23.5 Å². The van der Waals surface area contributed by atoms with Gasteiger partial charge in [-0.3, -0.25) is 0 Å². The van der Waals surface area contributed by atoms with E-state index in [1.165, 1.54) is 25.3 Å². The summed E-state index contributed by atoms with van der Waals surface area (Å²) < 4.78 is 46.8. The fraction of sp³-hybridized carbons (Fsp3) is 0.200. The average Bonchev–Trinajstić information content (AvgIpc) is 2.47. The van der Waals surface area contributed by atoms with Gasteiger partial charge in [0.2, 0.25) is 0 Å². The minimum absolute atomic E-state index is 0.0961. The maximum Gasteiger partial charge on any atom is 0.143 e. The molecule has 6 heteroatoms. The molecule has 0 saturated heterocycles. The summed E-state index contributed by atoms with van der Waals surface area (Å²) in [6.07, 6.45) is -0.186. The smallest absolute Gasteiger partial charge is 0.143 e. The fourth-order valence-corrected chi connectivity index (χ4v) is 2.50. The van der Waals surface area contributed by atoms with Crippen LogP contribution in [0.15, 0.2) is 34.8 Å². The summed E-state index contributed by atoms with van der Waals surface area (Å²) in [5.41, 5.74) is 5.83. The lowest BCUT2D eigenvalue weighted by Crippen LogP contribution is -2.18. The lowest BCUT2D eigenvalue weighted by Gasteiger charge is -2.17. The van der Waals surface area contributed by atoms with Crippen LogP contribution >= 0.6 is 15.9 Å². The average molecular weight is 360 g/mol. The fourth-order valence-electron chi connectivity index (χ4n) is 2.13. The van der Waals surface area contributed by atoms with E-state index in [9.17, 15) is 13.2 Å². The van der Waals surface area contributed by atoms with Gasteiger partial charge in [-0.15, -0.1) is 0 Å². The number of hydrogen-bond acceptors (Lipinski definition) is 2. The van der Waals surface area contributed by atoms with Crippen LogP contribution in [0.4, 0.5) is 13.2 Å². The summed E-state index contributed by atoms with van der Waals surface area (Å²) in [7, 11) is 1.38. The van der Waals surface area contributed by atoms with Gasteiger partial charge in [-0.25, -0.2) is 13.2 Å². The Morgan fingerprint density at radius 3 is 2.52 bits per heavy atom. The van der Waals surface area contributed by atoms with Gasteiger partial charge in [0.1, 0.15) is 23.2 Å². The Morgan fingerprint density at radius 2 is 1.86 bits per heavy atom. The molecule has 0 amide bonds. The zero-order valence-electron chi connectivity index (χ0n) is 11.2. The van der Waals surface area contributed by atoms with Crippen molar-refractivity contribution in [1.29, 1.82) is 0 Å². The molecule has 0 aliphatic heterocycles. The van der Waals surface area contributed by atoms with E-state index in [2.05, 4.69) is 15.9 Å². The van der Waals surface area contributed by atoms with Gasteiger partial charge in [0.25, 0.3) is 0 Å². The topological polar surface area (TPSA) is 35.2 Å². The molecule has 2 rings (SSSR count). The Kier molecular flexibility index (Phi) is 4.90. The van der Waals surface area contributed by atoms with Crippen molar-refractivity contribution in [3.05, 3.63) is 63.4 Å². The van der Waals surface area contributed by atoms with Gasteiger partial charge in [-0.05, 0) is 46.6 Å². The highest BCUT2D eigenvalue weighted by Gasteiger charge is 2.21. The molecular formula is C15H13BrF3NO. The Hall–Kier alpha value is -1.53.